The zero-order valence-corrected chi connectivity index (χ0v) is 12.8. The van der Waals surface area contributed by atoms with E-state index in [1.54, 1.807) is 11.3 Å². The SMILES string of the molecule is Clc1cc2c(s1)CCC2NC1CCN(C2CC2)CC1. The molecule has 2 fully saturated rings. The molecule has 1 unspecified atom stereocenters. The van der Waals surface area contributed by atoms with Gasteiger partial charge in [0.25, 0.3) is 0 Å². The Morgan fingerprint density at radius 3 is 2.68 bits per heavy atom. The Morgan fingerprint density at radius 1 is 1.16 bits per heavy atom. The summed E-state index contributed by atoms with van der Waals surface area (Å²) in [6.07, 6.45) is 8.00. The lowest BCUT2D eigenvalue weighted by Crippen LogP contribution is -2.44. The standard InChI is InChI=1S/C15H21ClN2S/c16-15-9-12-13(3-4-14(12)19-15)17-10-5-7-18(8-6-10)11-1-2-11/h9-11,13,17H,1-8H2. The number of piperidine rings is 1. The number of aryl methyl sites for hydroxylation is 1. The van der Waals surface area contributed by atoms with Crippen molar-refractivity contribution in [1.82, 2.24) is 10.2 Å². The predicted octanol–water partition coefficient (Wildman–Crippen LogP) is 3.61. The molecule has 4 rings (SSSR count). The van der Waals surface area contributed by atoms with E-state index in [4.69, 9.17) is 11.6 Å². The van der Waals surface area contributed by atoms with Crippen molar-refractivity contribution in [2.45, 2.75) is 56.7 Å². The first-order chi connectivity index (χ1) is 9.29. The molecular weight excluding hydrogens is 276 g/mol. The van der Waals surface area contributed by atoms with E-state index in [0.717, 1.165) is 10.4 Å². The summed E-state index contributed by atoms with van der Waals surface area (Å²) in [6, 6.07) is 4.40. The Bertz CT molecular complexity index is 461. The van der Waals surface area contributed by atoms with Gasteiger partial charge in [-0.3, -0.25) is 0 Å². The third-order valence-corrected chi connectivity index (χ3v) is 6.22. The molecule has 2 nitrogen and oxygen atoms in total. The van der Waals surface area contributed by atoms with Gasteiger partial charge in [-0.1, -0.05) is 11.6 Å². The summed E-state index contributed by atoms with van der Waals surface area (Å²) in [7, 11) is 0. The van der Waals surface area contributed by atoms with Crippen molar-refractivity contribution in [3.63, 3.8) is 0 Å². The molecule has 1 saturated carbocycles. The van der Waals surface area contributed by atoms with Gasteiger partial charge in [-0.25, -0.2) is 0 Å². The van der Waals surface area contributed by atoms with Gasteiger partial charge >= 0.3 is 0 Å². The third-order valence-electron chi connectivity index (χ3n) is 4.88. The normalized spacial score (nSPS) is 28.8. The highest BCUT2D eigenvalue weighted by molar-refractivity contribution is 7.16. The van der Waals surface area contributed by atoms with E-state index in [2.05, 4.69) is 16.3 Å². The van der Waals surface area contributed by atoms with Crippen LogP contribution in [0.3, 0.4) is 0 Å². The maximum atomic E-state index is 6.13. The summed E-state index contributed by atoms with van der Waals surface area (Å²) >= 11 is 7.90. The van der Waals surface area contributed by atoms with Gasteiger partial charge < -0.3 is 10.2 Å². The van der Waals surface area contributed by atoms with Crippen molar-refractivity contribution in [1.29, 1.82) is 0 Å². The topological polar surface area (TPSA) is 15.3 Å². The second-order valence-electron chi connectivity index (χ2n) is 6.23. The molecule has 1 N–H and O–H groups in total. The molecule has 2 aliphatic carbocycles. The van der Waals surface area contributed by atoms with E-state index in [1.165, 1.54) is 62.1 Å². The van der Waals surface area contributed by atoms with Crippen molar-refractivity contribution < 1.29 is 0 Å². The number of halogens is 1. The summed E-state index contributed by atoms with van der Waals surface area (Å²) in [6.45, 7) is 2.60. The van der Waals surface area contributed by atoms with Gasteiger partial charge in [0.1, 0.15) is 0 Å². The van der Waals surface area contributed by atoms with Gasteiger partial charge in [-0.05, 0) is 63.2 Å². The van der Waals surface area contributed by atoms with E-state index in [0.29, 0.717) is 12.1 Å². The minimum absolute atomic E-state index is 0.566. The van der Waals surface area contributed by atoms with Crippen molar-refractivity contribution in [3.8, 4) is 0 Å². The fourth-order valence-corrected chi connectivity index (χ4v) is 5.02. The molecule has 0 amide bonds. The maximum Gasteiger partial charge on any atom is 0.0934 e. The average Bonchev–Trinajstić information content (AvgIpc) is 3.11. The number of hydrogen-bond donors (Lipinski definition) is 1. The Labute approximate surface area is 124 Å². The fraction of sp³-hybridized carbons (Fsp3) is 0.733. The largest absolute Gasteiger partial charge is 0.307 e. The Hall–Kier alpha value is -0.0900. The molecule has 19 heavy (non-hydrogen) atoms. The lowest BCUT2D eigenvalue weighted by Gasteiger charge is -2.34. The van der Waals surface area contributed by atoms with Crippen molar-refractivity contribution in [3.05, 3.63) is 20.8 Å². The van der Waals surface area contributed by atoms with Gasteiger partial charge in [0.05, 0.1) is 4.34 Å². The van der Waals surface area contributed by atoms with Crippen molar-refractivity contribution in [2.75, 3.05) is 13.1 Å². The first kappa shape index (κ1) is 12.6. The Morgan fingerprint density at radius 2 is 1.95 bits per heavy atom. The predicted molar refractivity (Wildman–Crippen MR) is 81.1 cm³/mol. The fourth-order valence-electron chi connectivity index (χ4n) is 3.66. The quantitative estimate of drug-likeness (QED) is 0.917. The Balaban J connectivity index is 1.35. The molecule has 3 aliphatic rings. The van der Waals surface area contributed by atoms with Crippen LogP contribution in [-0.4, -0.2) is 30.1 Å². The van der Waals surface area contributed by atoms with Crippen LogP contribution in [0.1, 0.15) is 48.6 Å². The second-order valence-corrected chi connectivity index (χ2v) is 8.00. The van der Waals surface area contributed by atoms with E-state index in [9.17, 15) is 0 Å². The number of thiophene rings is 1. The second kappa shape index (κ2) is 5.03. The summed E-state index contributed by atoms with van der Waals surface area (Å²) in [5.74, 6) is 0. The molecular formula is C15H21ClN2S. The highest BCUT2D eigenvalue weighted by Gasteiger charge is 2.33. The zero-order valence-electron chi connectivity index (χ0n) is 11.2. The number of rotatable bonds is 3. The van der Waals surface area contributed by atoms with Crippen molar-refractivity contribution in [2.24, 2.45) is 0 Å². The number of likely N-dealkylation sites (tertiary alicyclic amines) is 1. The molecule has 0 aromatic carbocycles. The van der Waals surface area contributed by atoms with Gasteiger partial charge in [-0.2, -0.15) is 0 Å². The van der Waals surface area contributed by atoms with Gasteiger partial charge in [0.2, 0.25) is 0 Å². The van der Waals surface area contributed by atoms with Gasteiger partial charge in [-0.15, -0.1) is 11.3 Å². The number of nitrogens with zero attached hydrogens (tertiary/aromatic N) is 1. The van der Waals surface area contributed by atoms with Gasteiger partial charge in [0, 0.05) is 23.0 Å². The van der Waals surface area contributed by atoms with Crippen LogP contribution in [0.2, 0.25) is 4.34 Å². The Kier molecular flexibility index (Phi) is 3.34. The van der Waals surface area contributed by atoms with E-state index >= 15 is 0 Å². The molecule has 0 bridgehead atoms. The monoisotopic (exact) mass is 296 g/mol. The van der Waals surface area contributed by atoms with Crippen molar-refractivity contribution >= 4 is 22.9 Å². The van der Waals surface area contributed by atoms with E-state index in [1.807, 2.05) is 0 Å². The average molecular weight is 297 g/mol. The number of nitrogens with one attached hydrogen (secondary N) is 1. The zero-order chi connectivity index (χ0) is 12.8. The van der Waals surface area contributed by atoms with E-state index < -0.39 is 0 Å². The lowest BCUT2D eigenvalue weighted by molar-refractivity contribution is 0.183. The summed E-state index contributed by atoms with van der Waals surface area (Å²) in [5.41, 5.74) is 1.49. The highest BCUT2D eigenvalue weighted by Crippen LogP contribution is 2.40. The summed E-state index contributed by atoms with van der Waals surface area (Å²) in [5, 5.41) is 3.89. The first-order valence-corrected chi connectivity index (χ1v) is 8.77. The summed E-state index contributed by atoms with van der Waals surface area (Å²) < 4.78 is 0.958. The maximum absolute atomic E-state index is 6.13. The van der Waals surface area contributed by atoms with Crippen LogP contribution in [0, 0.1) is 0 Å². The van der Waals surface area contributed by atoms with Crippen LogP contribution >= 0.6 is 22.9 Å². The molecule has 4 heteroatoms. The van der Waals surface area contributed by atoms with Crippen LogP contribution in [0.4, 0.5) is 0 Å². The molecule has 1 aromatic rings. The molecule has 1 saturated heterocycles. The highest BCUT2D eigenvalue weighted by atomic mass is 35.5. The first-order valence-electron chi connectivity index (χ1n) is 7.58. The minimum Gasteiger partial charge on any atom is -0.307 e. The number of hydrogen-bond acceptors (Lipinski definition) is 3. The lowest BCUT2D eigenvalue weighted by atomic mass is 10.0. The molecule has 104 valence electrons. The van der Waals surface area contributed by atoms with Crippen LogP contribution in [-0.2, 0) is 6.42 Å². The van der Waals surface area contributed by atoms with Crippen LogP contribution in [0.5, 0.6) is 0 Å². The van der Waals surface area contributed by atoms with Gasteiger partial charge in [0.15, 0.2) is 0 Å². The molecule has 1 atom stereocenters. The number of fused-ring (bicyclic) bond motifs is 1. The summed E-state index contributed by atoms with van der Waals surface area (Å²) in [4.78, 5) is 4.21. The minimum atomic E-state index is 0.566. The van der Waals surface area contributed by atoms with Crippen LogP contribution in [0.25, 0.3) is 0 Å². The smallest absolute Gasteiger partial charge is 0.0934 e. The molecule has 0 radical (unpaired) electrons. The third kappa shape index (κ3) is 2.58. The van der Waals surface area contributed by atoms with Crippen LogP contribution in [0.15, 0.2) is 6.07 Å². The molecule has 1 aliphatic heterocycles. The van der Waals surface area contributed by atoms with Crippen LogP contribution < -0.4 is 5.32 Å². The molecule has 1 aromatic heterocycles. The molecule has 0 spiro atoms. The molecule has 2 heterocycles. The van der Waals surface area contributed by atoms with E-state index in [-0.39, 0.29) is 0 Å².